The van der Waals surface area contributed by atoms with E-state index in [1.54, 1.807) is 12.4 Å². The third-order valence-corrected chi connectivity index (χ3v) is 9.85. The van der Waals surface area contributed by atoms with Crippen molar-refractivity contribution in [2.24, 2.45) is 0 Å². The molecule has 0 aliphatic heterocycles. The summed E-state index contributed by atoms with van der Waals surface area (Å²) in [5.41, 5.74) is 7.05. The van der Waals surface area contributed by atoms with Crippen LogP contribution < -0.4 is 0 Å². The van der Waals surface area contributed by atoms with Gasteiger partial charge < -0.3 is 0 Å². The molecule has 7 aromatic carbocycles. The zero-order chi connectivity index (χ0) is 34.4. The van der Waals surface area contributed by atoms with E-state index in [1.807, 2.05) is 36.4 Å². The van der Waals surface area contributed by atoms with Gasteiger partial charge in [-0.2, -0.15) is 0 Å². The van der Waals surface area contributed by atoms with E-state index < -0.39 is 0 Å². The minimum Gasteiger partial charge on any atom is -0.253 e. The summed E-state index contributed by atoms with van der Waals surface area (Å²) in [6.45, 7) is 0. The van der Waals surface area contributed by atoms with Crippen LogP contribution in [-0.2, 0) is 0 Å². The zero-order valence-electron chi connectivity index (χ0n) is 28.0. The largest absolute Gasteiger partial charge is 0.253 e. The van der Waals surface area contributed by atoms with Gasteiger partial charge in [-0.05, 0) is 108 Å². The summed E-state index contributed by atoms with van der Waals surface area (Å²) in [5.74, 6) is 1.57. The van der Waals surface area contributed by atoms with Crippen molar-refractivity contribution in [3.8, 4) is 56.7 Å². The Labute approximate surface area is 300 Å². The number of benzene rings is 7. The van der Waals surface area contributed by atoms with Crippen molar-refractivity contribution in [3.63, 3.8) is 0 Å². The van der Waals surface area contributed by atoms with Gasteiger partial charge in [0, 0.05) is 18.0 Å². The Bertz CT molecular complexity index is 2890. The lowest BCUT2D eigenvalue weighted by molar-refractivity contribution is 1.05. The smallest absolute Gasteiger partial charge is 0.182 e. The van der Waals surface area contributed by atoms with Gasteiger partial charge >= 0.3 is 0 Å². The van der Waals surface area contributed by atoms with E-state index in [0.29, 0.717) is 28.9 Å². The van der Waals surface area contributed by atoms with Gasteiger partial charge in [0.15, 0.2) is 17.5 Å². The third kappa shape index (κ3) is 4.98. The fraction of sp³-hybridized carbons (Fsp3) is 0. The molecular weight excluding hydrogens is 635 g/mol. The van der Waals surface area contributed by atoms with Crippen molar-refractivity contribution < 1.29 is 0 Å². The quantitative estimate of drug-likeness (QED) is 0.171. The SMILES string of the molecule is c1ccc(-c2cc3c4ccccc4c(-c4ccc(-c5nc(-c6ccccn6)nc(-c6ccccn6)n5)c5ccccc45)cc3c3ccccc23)cc1. The van der Waals surface area contributed by atoms with Gasteiger partial charge in [-0.25, -0.2) is 15.0 Å². The summed E-state index contributed by atoms with van der Waals surface area (Å²) in [6.07, 6.45) is 3.51. The van der Waals surface area contributed by atoms with Crippen molar-refractivity contribution in [1.29, 1.82) is 0 Å². The molecule has 3 heterocycles. The molecule has 5 heteroatoms. The monoisotopic (exact) mass is 663 g/mol. The second kappa shape index (κ2) is 12.3. The van der Waals surface area contributed by atoms with E-state index in [1.165, 1.54) is 49.0 Å². The van der Waals surface area contributed by atoms with Crippen molar-refractivity contribution in [3.05, 3.63) is 176 Å². The predicted octanol–water partition coefficient (Wildman–Crippen LogP) is 11.6. The van der Waals surface area contributed by atoms with Crippen LogP contribution in [-0.4, -0.2) is 24.9 Å². The summed E-state index contributed by atoms with van der Waals surface area (Å²) >= 11 is 0. The molecule has 0 unspecified atom stereocenters. The van der Waals surface area contributed by atoms with Gasteiger partial charge in [0.25, 0.3) is 0 Å². The molecular formula is C47H29N5. The van der Waals surface area contributed by atoms with Crippen molar-refractivity contribution in [2.75, 3.05) is 0 Å². The lowest BCUT2D eigenvalue weighted by Gasteiger charge is -2.18. The lowest BCUT2D eigenvalue weighted by atomic mass is 9.86. The molecule has 242 valence electrons. The van der Waals surface area contributed by atoms with Crippen molar-refractivity contribution in [1.82, 2.24) is 24.9 Å². The highest BCUT2D eigenvalue weighted by atomic mass is 15.1. The second-order valence-electron chi connectivity index (χ2n) is 12.8. The molecule has 0 bridgehead atoms. The summed E-state index contributed by atoms with van der Waals surface area (Å²) in [4.78, 5) is 23.9. The maximum atomic E-state index is 5.00. The first kappa shape index (κ1) is 29.8. The third-order valence-electron chi connectivity index (χ3n) is 9.85. The Kier molecular flexibility index (Phi) is 7.07. The molecule has 5 nitrogen and oxygen atoms in total. The number of hydrogen-bond donors (Lipinski definition) is 0. The molecule has 0 saturated carbocycles. The summed E-state index contributed by atoms with van der Waals surface area (Å²) in [6, 6.07) is 57.4. The first-order chi connectivity index (χ1) is 25.8. The van der Waals surface area contributed by atoms with Gasteiger partial charge in [-0.3, -0.25) is 9.97 Å². The highest BCUT2D eigenvalue weighted by Crippen LogP contribution is 2.44. The molecule has 0 aliphatic rings. The number of pyridine rings is 2. The molecule has 0 spiro atoms. The van der Waals surface area contributed by atoms with Crippen LogP contribution in [0.15, 0.2) is 176 Å². The van der Waals surface area contributed by atoms with E-state index in [4.69, 9.17) is 15.0 Å². The van der Waals surface area contributed by atoms with Crippen LogP contribution in [0.5, 0.6) is 0 Å². The van der Waals surface area contributed by atoms with E-state index >= 15 is 0 Å². The summed E-state index contributed by atoms with van der Waals surface area (Å²) in [7, 11) is 0. The minimum absolute atomic E-state index is 0.502. The maximum Gasteiger partial charge on any atom is 0.182 e. The number of fused-ring (bicyclic) bond motifs is 6. The minimum atomic E-state index is 0.502. The molecule has 0 amide bonds. The van der Waals surface area contributed by atoms with Crippen LogP contribution in [0.2, 0.25) is 0 Å². The van der Waals surface area contributed by atoms with Crippen LogP contribution in [0.25, 0.3) is 99.8 Å². The normalized spacial score (nSPS) is 11.5. The Hall–Kier alpha value is -7.11. The molecule has 0 N–H and O–H groups in total. The average Bonchev–Trinajstić information content (AvgIpc) is 3.23. The molecule has 10 aromatic rings. The van der Waals surface area contributed by atoms with Gasteiger partial charge in [0.1, 0.15) is 11.4 Å². The Balaban J connectivity index is 1.23. The maximum absolute atomic E-state index is 5.00. The number of aromatic nitrogens is 5. The summed E-state index contributed by atoms with van der Waals surface area (Å²) < 4.78 is 0. The number of rotatable bonds is 5. The fourth-order valence-corrected chi connectivity index (χ4v) is 7.47. The molecule has 52 heavy (non-hydrogen) atoms. The predicted molar refractivity (Wildman–Crippen MR) is 213 cm³/mol. The molecule has 0 atom stereocenters. The van der Waals surface area contributed by atoms with E-state index in [2.05, 4.69) is 137 Å². The van der Waals surface area contributed by atoms with Gasteiger partial charge in [0.2, 0.25) is 0 Å². The first-order valence-corrected chi connectivity index (χ1v) is 17.3. The topological polar surface area (TPSA) is 64.5 Å². The molecule has 0 radical (unpaired) electrons. The Morgan fingerprint density at radius 3 is 1.25 bits per heavy atom. The van der Waals surface area contributed by atoms with E-state index in [9.17, 15) is 0 Å². The molecule has 3 aromatic heterocycles. The van der Waals surface area contributed by atoms with Crippen LogP contribution >= 0.6 is 0 Å². The Morgan fingerprint density at radius 1 is 0.269 bits per heavy atom. The molecule has 10 rings (SSSR count). The van der Waals surface area contributed by atoms with Crippen LogP contribution in [0.3, 0.4) is 0 Å². The highest BCUT2D eigenvalue weighted by molar-refractivity contribution is 6.25. The fourth-order valence-electron chi connectivity index (χ4n) is 7.47. The number of nitrogens with zero attached hydrogens (tertiary/aromatic N) is 5. The average molecular weight is 664 g/mol. The van der Waals surface area contributed by atoms with Gasteiger partial charge in [-0.1, -0.05) is 121 Å². The van der Waals surface area contributed by atoms with E-state index in [0.717, 1.165) is 21.9 Å². The van der Waals surface area contributed by atoms with E-state index in [-0.39, 0.29) is 0 Å². The van der Waals surface area contributed by atoms with Gasteiger partial charge in [-0.15, -0.1) is 0 Å². The highest BCUT2D eigenvalue weighted by Gasteiger charge is 2.19. The Morgan fingerprint density at radius 2 is 0.692 bits per heavy atom. The van der Waals surface area contributed by atoms with Crippen LogP contribution in [0, 0.1) is 0 Å². The summed E-state index contributed by atoms with van der Waals surface area (Å²) in [5, 5.41) is 9.56. The second-order valence-corrected chi connectivity index (χ2v) is 12.8. The first-order valence-electron chi connectivity index (χ1n) is 17.3. The van der Waals surface area contributed by atoms with Crippen LogP contribution in [0.1, 0.15) is 0 Å². The molecule has 0 aliphatic carbocycles. The zero-order valence-corrected chi connectivity index (χ0v) is 28.0. The lowest BCUT2D eigenvalue weighted by Crippen LogP contribution is -2.02. The van der Waals surface area contributed by atoms with Crippen molar-refractivity contribution in [2.45, 2.75) is 0 Å². The number of hydrogen-bond acceptors (Lipinski definition) is 5. The van der Waals surface area contributed by atoms with Crippen LogP contribution in [0.4, 0.5) is 0 Å². The van der Waals surface area contributed by atoms with Gasteiger partial charge in [0.05, 0.1) is 0 Å². The van der Waals surface area contributed by atoms with Crippen molar-refractivity contribution >= 4 is 43.1 Å². The molecule has 0 saturated heterocycles. The standard InChI is InChI=1S/C47H29N5/c1-2-14-30(15-3-1)39-28-41-36-21-9-8-20-35(36)40(29-42(41)34-19-7-6-18-33(34)39)37-24-25-38(32-17-5-4-16-31(32)37)45-50-46(43-22-10-12-26-48-43)52-47(51-45)44-23-11-13-27-49-44/h1-29H. The molecule has 0 fully saturated rings.